The highest BCUT2D eigenvalue weighted by molar-refractivity contribution is 14.1. The average Bonchev–Trinajstić information content (AvgIpc) is 2.55. The maximum absolute atomic E-state index is 12.2. The predicted molar refractivity (Wildman–Crippen MR) is 91.4 cm³/mol. The molecular formula is C12H18IN3O6S. The van der Waals surface area contributed by atoms with Crippen molar-refractivity contribution in [1.82, 2.24) is 9.55 Å². The van der Waals surface area contributed by atoms with E-state index in [1.54, 1.807) is 13.3 Å². The average molecular weight is 459 g/mol. The first-order valence-electron chi connectivity index (χ1n) is 6.69. The summed E-state index contributed by atoms with van der Waals surface area (Å²) in [5.74, 6) is 0.197. The molecule has 1 fully saturated rings. The molecule has 0 aliphatic carbocycles. The summed E-state index contributed by atoms with van der Waals surface area (Å²) < 4.78 is 7.04. The van der Waals surface area contributed by atoms with Crippen LogP contribution in [-0.4, -0.2) is 73.5 Å². The van der Waals surface area contributed by atoms with E-state index in [4.69, 9.17) is 4.74 Å². The number of thioether (sulfide) groups is 1. The minimum absolute atomic E-state index is 0.197. The second kappa shape index (κ2) is 7.63. The summed E-state index contributed by atoms with van der Waals surface area (Å²) in [6, 6.07) is 0. The van der Waals surface area contributed by atoms with E-state index in [0.29, 0.717) is 8.73 Å². The van der Waals surface area contributed by atoms with Gasteiger partial charge in [-0.2, -0.15) is 0 Å². The molecule has 1 aromatic heterocycles. The van der Waals surface area contributed by atoms with Crippen LogP contribution in [0.5, 0.6) is 0 Å². The Morgan fingerprint density at radius 3 is 2.57 bits per heavy atom. The molecule has 0 spiro atoms. The highest BCUT2D eigenvalue weighted by atomic mass is 127. The van der Waals surface area contributed by atoms with Gasteiger partial charge < -0.3 is 30.5 Å². The Labute approximate surface area is 149 Å². The fraction of sp³-hybridized carbons (Fsp3) is 0.667. The number of aliphatic hydroxyl groups excluding tert-OH is 4. The molecule has 5 N–H and O–H groups in total. The second-order valence-electron chi connectivity index (χ2n) is 5.02. The number of rotatable bonds is 4. The first-order chi connectivity index (χ1) is 10.8. The monoisotopic (exact) mass is 459 g/mol. The van der Waals surface area contributed by atoms with Crippen molar-refractivity contribution in [3.05, 3.63) is 13.9 Å². The lowest BCUT2D eigenvalue weighted by Crippen LogP contribution is -2.60. The van der Waals surface area contributed by atoms with E-state index in [1.807, 2.05) is 22.6 Å². The molecule has 0 amide bonds. The molecule has 1 aliphatic heterocycles. The summed E-state index contributed by atoms with van der Waals surface area (Å²) in [5.41, 5.74) is -0.267. The largest absolute Gasteiger partial charge is 0.394 e. The van der Waals surface area contributed by atoms with Gasteiger partial charge in [-0.15, -0.1) is 0 Å². The van der Waals surface area contributed by atoms with E-state index in [0.717, 1.165) is 0 Å². The number of hydrogen-bond acceptors (Lipinski definition) is 9. The van der Waals surface area contributed by atoms with Gasteiger partial charge >= 0.3 is 0 Å². The number of hydrogen-bond donors (Lipinski definition) is 5. The Morgan fingerprint density at radius 2 is 2.00 bits per heavy atom. The van der Waals surface area contributed by atoms with Gasteiger partial charge in [0.2, 0.25) is 0 Å². The van der Waals surface area contributed by atoms with E-state index >= 15 is 0 Å². The molecule has 11 heteroatoms. The number of anilines is 1. The van der Waals surface area contributed by atoms with Gasteiger partial charge in [0.15, 0.2) is 11.4 Å². The number of nitrogens with zero attached hydrogens (tertiary/aromatic N) is 2. The van der Waals surface area contributed by atoms with Crippen molar-refractivity contribution >= 4 is 40.2 Å². The van der Waals surface area contributed by atoms with E-state index in [-0.39, 0.29) is 11.4 Å². The van der Waals surface area contributed by atoms with Crippen molar-refractivity contribution in [1.29, 1.82) is 0 Å². The zero-order valence-corrected chi connectivity index (χ0v) is 15.4. The van der Waals surface area contributed by atoms with Crippen molar-refractivity contribution < 1.29 is 25.2 Å². The molecule has 1 saturated heterocycles. The van der Waals surface area contributed by atoms with Gasteiger partial charge in [0.05, 0.1) is 6.61 Å². The normalized spacial score (nSPS) is 31.2. The number of ether oxygens (including phenoxy) is 1. The first kappa shape index (κ1) is 18.9. The summed E-state index contributed by atoms with van der Waals surface area (Å²) in [4.78, 5) is 16.4. The predicted octanol–water partition coefficient (Wildman–Crippen LogP) is -1.68. The lowest BCUT2D eigenvalue weighted by Gasteiger charge is -2.40. The van der Waals surface area contributed by atoms with E-state index in [1.165, 1.54) is 16.3 Å². The van der Waals surface area contributed by atoms with Gasteiger partial charge in [-0.25, -0.2) is 4.98 Å². The van der Waals surface area contributed by atoms with Crippen LogP contribution in [0.25, 0.3) is 0 Å². The molecular weight excluding hydrogens is 441 g/mol. The van der Waals surface area contributed by atoms with Gasteiger partial charge in [0.25, 0.3) is 5.56 Å². The van der Waals surface area contributed by atoms with Crippen LogP contribution in [0.3, 0.4) is 0 Å². The van der Waals surface area contributed by atoms with Crippen LogP contribution in [0.1, 0.15) is 0 Å². The third-order valence-electron chi connectivity index (χ3n) is 3.55. The molecule has 0 bridgehead atoms. The zero-order chi connectivity index (χ0) is 17.3. The fourth-order valence-electron chi connectivity index (χ4n) is 2.19. The minimum atomic E-state index is -1.50. The van der Waals surface area contributed by atoms with Crippen LogP contribution >= 0.6 is 34.4 Å². The number of aliphatic hydroxyl groups is 4. The van der Waals surface area contributed by atoms with Crippen LogP contribution in [0.4, 0.5) is 5.82 Å². The highest BCUT2D eigenvalue weighted by Gasteiger charge is 2.43. The number of aromatic nitrogens is 2. The van der Waals surface area contributed by atoms with Crippen LogP contribution in [0, 0.1) is 3.57 Å². The van der Waals surface area contributed by atoms with Gasteiger partial charge in [0.1, 0.15) is 33.8 Å². The summed E-state index contributed by atoms with van der Waals surface area (Å²) >= 11 is 3.10. The molecule has 130 valence electrons. The van der Waals surface area contributed by atoms with Crippen LogP contribution in [-0.2, 0) is 11.8 Å². The topological polar surface area (TPSA) is 137 Å². The molecule has 23 heavy (non-hydrogen) atoms. The lowest BCUT2D eigenvalue weighted by molar-refractivity contribution is -0.221. The molecule has 1 aromatic rings. The first-order valence-corrected chi connectivity index (χ1v) is 8.99. The smallest absolute Gasteiger partial charge is 0.269 e. The Kier molecular flexibility index (Phi) is 6.27. The minimum Gasteiger partial charge on any atom is -0.394 e. The summed E-state index contributed by atoms with van der Waals surface area (Å²) in [5, 5.41) is 42.0. The molecule has 1 aliphatic rings. The molecule has 9 nitrogen and oxygen atoms in total. The summed E-state index contributed by atoms with van der Waals surface area (Å²) in [6.07, 6.45) is -4.78. The fourth-order valence-corrected chi connectivity index (χ4v) is 3.37. The van der Waals surface area contributed by atoms with Crippen LogP contribution in [0.2, 0.25) is 0 Å². The highest BCUT2D eigenvalue weighted by Crippen LogP contribution is 2.24. The molecule has 5 atom stereocenters. The number of halogens is 1. The van der Waals surface area contributed by atoms with Gasteiger partial charge in [0, 0.05) is 7.05 Å². The van der Waals surface area contributed by atoms with Gasteiger partial charge in [-0.3, -0.25) is 9.36 Å². The Morgan fingerprint density at radius 1 is 1.35 bits per heavy atom. The zero-order valence-electron chi connectivity index (χ0n) is 12.4. The Balaban J connectivity index is 2.31. The Bertz CT molecular complexity index is 628. The number of nitrogens with one attached hydrogen (secondary N) is 1. The maximum atomic E-state index is 12.2. The molecule has 0 unspecified atom stereocenters. The standard InChI is InChI=1S/C12H18IN3O6S/c1-16-11(21)5(13)9(15-12(16)23-2)14-10-8(20)7(19)6(18)4(3-17)22-10/h4,6-8,10,14,17-20H,3H2,1-2H3/t4-,6+,7+,8+,10+/m0/s1. The van der Waals surface area contributed by atoms with E-state index in [2.05, 4.69) is 10.3 Å². The second-order valence-corrected chi connectivity index (χ2v) is 6.87. The third-order valence-corrected chi connectivity index (χ3v) is 5.25. The van der Waals surface area contributed by atoms with Crippen LogP contribution in [0.15, 0.2) is 9.95 Å². The van der Waals surface area contributed by atoms with Crippen molar-refractivity contribution in [2.75, 3.05) is 18.2 Å². The lowest BCUT2D eigenvalue weighted by atomic mass is 9.98. The summed E-state index contributed by atoms with van der Waals surface area (Å²) in [7, 11) is 1.60. The molecule has 0 saturated carbocycles. The molecule has 2 heterocycles. The molecule has 2 rings (SSSR count). The van der Waals surface area contributed by atoms with E-state index < -0.39 is 37.3 Å². The summed E-state index contributed by atoms with van der Waals surface area (Å²) in [6.45, 7) is -0.528. The third kappa shape index (κ3) is 3.65. The van der Waals surface area contributed by atoms with Crippen molar-refractivity contribution in [3.63, 3.8) is 0 Å². The van der Waals surface area contributed by atoms with Crippen molar-refractivity contribution in [2.24, 2.45) is 7.05 Å². The molecule has 0 aromatic carbocycles. The van der Waals surface area contributed by atoms with Gasteiger partial charge in [-0.05, 0) is 28.8 Å². The quantitative estimate of drug-likeness (QED) is 0.203. The van der Waals surface area contributed by atoms with Crippen molar-refractivity contribution in [3.8, 4) is 0 Å². The maximum Gasteiger partial charge on any atom is 0.269 e. The van der Waals surface area contributed by atoms with Crippen LogP contribution < -0.4 is 10.9 Å². The Hall–Kier alpha value is -0.440. The van der Waals surface area contributed by atoms with E-state index in [9.17, 15) is 25.2 Å². The molecule has 0 radical (unpaired) electrons. The van der Waals surface area contributed by atoms with Gasteiger partial charge in [-0.1, -0.05) is 11.8 Å². The SMILES string of the molecule is CSc1nc(N[C@@H]2O[C@@H](CO)[C@@H](O)[C@@H](O)[C@H]2O)c(I)c(=O)n1C. The van der Waals surface area contributed by atoms with Crippen molar-refractivity contribution in [2.45, 2.75) is 35.8 Å².